The molecule has 0 aromatic heterocycles. The van der Waals surface area contributed by atoms with E-state index in [9.17, 15) is 21.6 Å². The summed E-state index contributed by atoms with van der Waals surface area (Å²) in [7, 11) is -2.72. The van der Waals surface area contributed by atoms with Gasteiger partial charge in [-0.15, -0.1) is 0 Å². The minimum Gasteiger partial charge on any atom is -0.497 e. The number of sulfonamides is 1. The van der Waals surface area contributed by atoms with Gasteiger partial charge in [0.15, 0.2) is 11.6 Å². The van der Waals surface area contributed by atoms with Crippen molar-refractivity contribution >= 4 is 15.7 Å². The molecule has 9 heteroatoms. The van der Waals surface area contributed by atoms with Crippen LogP contribution in [0.2, 0.25) is 0 Å². The van der Waals surface area contributed by atoms with Gasteiger partial charge in [-0.2, -0.15) is 4.31 Å². The first kappa shape index (κ1) is 19.5. The fourth-order valence-electron chi connectivity index (χ4n) is 3.16. The Morgan fingerprint density at radius 2 is 1.74 bits per heavy atom. The van der Waals surface area contributed by atoms with Crippen LogP contribution in [0.5, 0.6) is 5.75 Å². The zero-order chi connectivity index (χ0) is 19.8. The lowest BCUT2D eigenvalue weighted by Gasteiger charge is -2.40. The predicted molar refractivity (Wildman–Crippen MR) is 94.9 cm³/mol. The van der Waals surface area contributed by atoms with E-state index in [4.69, 9.17) is 4.74 Å². The molecule has 2 aromatic rings. The van der Waals surface area contributed by atoms with Gasteiger partial charge < -0.3 is 9.64 Å². The third-order valence-electron chi connectivity index (χ3n) is 4.57. The number of hydrogen-bond acceptors (Lipinski definition) is 4. The molecular formula is C18H19F3N2O3S. The van der Waals surface area contributed by atoms with Gasteiger partial charge in [-0.05, 0) is 25.1 Å². The van der Waals surface area contributed by atoms with E-state index in [1.807, 2.05) is 30.0 Å². The Hall–Kier alpha value is -2.26. The molecule has 0 N–H and O–H groups in total. The molecule has 0 spiro atoms. The number of hydrogen-bond donors (Lipinski definition) is 0. The van der Waals surface area contributed by atoms with Crippen molar-refractivity contribution in [2.24, 2.45) is 0 Å². The fourth-order valence-corrected chi connectivity index (χ4v) is 4.73. The van der Waals surface area contributed by atoms with Crippen LogP contribution in [0.3, 0.4) is 0 Å². The van der Waals surface area contributed by atoms with Gasteiger partial charge >= 0.3 is 0 Å². The lowest BCUT2D eigenvalue weighted by Crippen LogP contribution is -2.53. The summed E-state index contributed by atoms with van der Waals surface area (Å²) in [6, 6.07) is 7.79. The average molecular weight is 400 g/mol. The van der Waals surface area contributed by atoms with Crippen molar-refractivity contribution in [3.63, 3.8) is 0 Å². The smallest absolute Gasteiger partial charge is 0.246 e. The summed E-state index contributed by atoms with van der Waals surface area (Å²) in [5, 5.41) is 0. The molecule has 1 aliphatic rings. The quantitative estimate of drug-likeness (QED) is 0.741. The molecule has 0 amide bonds. The Kier molecular flexibility index (Phi) is 5.34. The van der Waals surface area contributed by atoms with Crippen molar-refractivity contribution in [3.05, 3.63) is 53.8 Å². The summed E-state index contributed by atoms with van der Waals surface area (Å²) >= 11 is 0. The van der Waals surface area contributed by atoms with Gasteiger partial charge in [0, 0.05) is 43.5 Å². The Labute approximate surface area is 156 Å². The molecule has 1 saturated heterocycles. The molecule has 0 radical (unpaired) electrons. The van der Waals surface area contributed by atoms with Crippen LogP contribution in [0.4, 0.5) is 18.9 Å². The van der Waals surface area contributed by atoms with Crippen LogP contribution in [0, 0.1) is 17.5 Å². The van der Waals surface area contributed by atoms with Crippen LogP contribution < -0.4 is 9.64 Å². The monoisotopic (exact) mass is 400 g/mol. The van der Waals surface area contributed by atoms with Crippen molar-refractivity contribution in [3.8, 4) is 5.75 Å². The molecule has 2 aromatic carbocycles. The van der Waals surface area contributed by atoms with Crippen LogP contribution in [-0.4, -0.2) is 45.5 Å². The molecule has 0 aliphatic carbocycles. The van der Waals surface area contributed by atoms with Crippen LogP contribution in [0.25, 0.3) is 0 Å². The van der Waals surface area contributed by atoms with Gasteiger partial charge in [-0.1, -0.05) is 6.07 Å². The Morgan fingerprint density at radius 3 is 2.41 bits per heavy atom. The number of nitrogens with zero attached hydrogens (tertiary/aromatic N) is 2. The molecule has 1 aliphatic heterocycles. The number of methoxy groups -OCH3 is 1. The largest absolute Gasteiger partial charge is 0.497 e. The van der Waals surface area contributed by atoms with Crippen LogP contribution in [0.1, 0.15) is 6.92 Å². The number of halogens is 3. The minimum atomic E-state index is -4.28. The normalized spacial score (nSPS) is 18.6. The van der Waals surface area contributed by atoms with E-state index in [0.717, 1.165) is 9.99 Å². The Bertz CT molecular complexity index is 953. The summed E-state index contributed by atoms with van der Waals surface area (Å²) in [5.74, 6) is -3.46. The van der Waals surface area contributed by atoms with E-state index in [2.05, 4.69) is 0 Å². The van der Waals surface area contributed by atoms with E-state index < -0.39 is 32.4 Å². The number of piperazine rings is 1. The molecule has 0 unspecified atom stereocenters. The highest BCUT2D eigenvalue weighted by Crippen LogP contribution is 2.28. The summed E-state index contributed by atoms with van der Waals surface area (Å²) < 4.78 is 72.3. The van der Waals surface area contributed by atoms with Gasteiger partial charge in [0.1, 0.15) is 16.5 Å². The van der Waals surface area contributed by atoms with Crippen LogP contribution in [-0.2, 0) is 10.0 Å². The van der Waals surface area contributed by atoms with Crippen LogP contribution in [0.15, 0.2) is 41.3 Å². The van der Waals surface area contributed by atoms with Crippen molar-refractivity contribution in [2.75, 3.05) is 31.6 Å². The summed E-state index contributed by atoms with van der Waals surface area (Å²) in [6.45, 7) is 2.36. The lowest BCUT2D eigenvalue weighted by atomic mass is 10.1. The predicted octanol–water partition coefficient (Wildman–Crippen LogP) is 3.01. The molecular weight excluding hydrogens is 381 g/mol. The van der Waals surface area contributed by atoms with Gasteiger partial charge in [0.05, 0.1) is 7.11 Å². The third-order valence-corrected chi connectivity index (χ3v) is 6.45. The van der Waals surface area contributed by atoms with Gasteiger partial charge in [0.25, 0.3) is 0 Å². The van der Waals surface area contributed by atoms with Gasteiger partial charge in [0.2, 0.25) is 10.0 Å². The first-order valence-electron chi connectivity index (χ1n) is 8.29. The van der Waals surface area contributed by atoms with Crippen molar-refractivity contribution < 1.29 is 26.3 Å². The second-order valence-corrected chi connectivity index (χ2v) is 8.21. The van der Waals surface area contributed by atoms with Crippen molar-refractivity contribution in [1.29, 1.82) is 0 Å². The molecule has 146 valence electrons. The van der Waals surface area contributed by atoms with Crippen molar-refractivity contribution in [1.82, 2.24) is 4.31 Å². The maximum atomic E-state index is 14.0. The molecule has 27 heavy (non-hydrogen) atoms. The number of anilines is 1. The molecule has 1 heterocycles. The SMILES string of the molecule is COc1cccc(N2CCN(S(=O)(=O)c3cc(F)c(F)cc3F)C[C@@H]2C)c1. The minimum absolute atomic E-state index is 0.0813. The molecule has 3 rings (SSSR count). The molecule has 5 nitrogen and oxygen atoms in total. The molecule has 0 saturated carbocycles. The number of ether oxygens (including phenoxy) is 1. The fraction of sp³-hybridized carbons (Fsp3) is 0.333. The Balaban J connectivity index is 1.84. The average Bonchev–Trinajstić information content (AvgIpc) is 2.64. The van der Waals surface area contributed by atoms with E-state index in [1.165, 1.54) is 0 Å². The van der Waals surface area contributed by atoms with E-state index in [1.54, 1.807) is 13.2 Å². The topological polar surface area (TPSA) is 49.9 Å². The first-order chi connectivity index (χ1) is 12.7. The van der Waals surface area contributed by atoms with Crippen molar-refractivity contribution in [2.45, 2.75) is 17.9 Å². The highest BCUT2D eigenvalue weighted by atomic mass is 32.2. The standard InChI is InChI=1S/C18H19F3N2O3S/c1-12-11-22(6-7-23(12)13-4-3-5-14(8-13)26-2)27(24,25)18-10-16(20)15(19)9-17(18)21/h3-5,8-10,12H,6-7,11H2,1-2H3/t12-/m0/s1. The molecule has 1 atom stereocenters. The molecule has 1 fully saturated rings. The zero-order valence-electron chi connectivity index (χ0n) is 14.8. The Morgan fingerprint density at radius 1 is 1.04 bits per heavy atom. The van der Waals surface area contributed by atoms with E-state index in [-0.39, 0.29) is 25.2 Å². The maximum absolute atomic E-state index is 14.0. The summed E-state index contributed by atoms with van der Waals surface area (Å²) in [4.78, 5) is 1.15. The van der Waals surface area contributed by atoms with E-state index >= 15 is 0 Å². The number of rotatable bonds is 4. The summed E-state index contributed by atoms with van der Waals surface area (Å²) in [5.41, 5.74) is 0.873. The lowest BCUT2D eigenvalue weighted by molar-refractivity contribution is 0.340. The second kappa shape index (κ2) is 7.40. The highest BCUT2D eigenvalue weighted by molar-refractivity contribution is 7.89. The van der Waals surface area contributed by atoms with Crippen LogP contribution >= 0.6 is 0 Å². The molecule has 0 bridgehead atoms. The second-order valence-electron chi connectivity index (χ2n) is 6.30. The van der Waals surface area contributed by atoms with Gasteiger partial charge in [-0.3, -0.25) is 0 Å². The van der Waals surface area contributed by atoms with Gasteiger partial charge in [-0.25, -0.2) is 21.6 Å². The third kappa shape index (κ3) is 3.74. The first-order valence-corrected chi connectivity index (χ1v) is 9.73. The summed E-state index contributed by atoms with van der Waals surface area (Å²) in [6.07, 6.45) is 0. The maximum Gasteiger partial charge on any atom is 0.246 e. The zero-order valence-corrected chi connectivity index (χ0v) is 15.6. The number of benzene rings is 2. The highest BCUT2D eigenvalue weighted by Gasteiger charge is 2.34. The van der Waals surface area contributed by atoms with E-state index in [0.29, 0.717) is 18.4 Å².